The monoisotopic (exact) mass is 419 g/mol. The zero-order valence-electron chi connectivity index (χ0n) is 14.7. The van der Waals surface area contributed by atoms with E-state index in [9.17, 15) is 9.59 Å². The Kier molecular flexibility index (Phi) is 6.28. The number of aromatic nitrogens is 2. The second kappa shape index (κ2) is 8.86. The highest BCUT2D eigenvalue weighted by atomic mass is 35.5. The first kappa shape index (κ1) is 19.9. The van der Waals surface area contributed by atoms with Gasteiger partial charge >= 0.3 is 5.97 Å². The van der Waals surface area contributed by atoms with Crippen LogP contribution in [0.3, 0.4) is 0 Å². The lowest BCUT2D eigenvalue weighted by atomic mass is 10.2. The first-order valence-electron chi connectivity index (χ1n) is 8.20. The van der Waals surface area contributed by atoms with Crippen LogP contribution >= 0.6 is 23.2 Å². The SMILES string of the molecule is Cc1c(Cl)cnc(NC(=O)COC(=O)Cc2coc(-c3ccccc3)n2)c1Cl. The van der Waals surface area contributed by atoms with Crippen LogP contribution in [0.4, 0.5) is 5.82 Å². The average Bonchev–Trinajstić information content (AvgIpc) is 3.16. The summed E-state index contributed by atoms with van der Waals surface area (Å²) in [6, 6.07) is 9.28. The molecular weight excluding hydrogens is 405 g/mol. The molecule has 0 aliphatic carbocycles. The number of nitrogens with zero attached hydrogens (tertiary/aromatic N) is 2. The maximum absolute atomic E-state index is 12.0. The number of carbonyl (C=O) groups is 2. The molecule has 3 rings (SSSR count). The van der Waals surface area contributed by atoms with Crippen LogP contribution in [-0.2, 0) is 20.7 Å². The van der Waals surface area contributed by atoms with Crippen LogP contribution in [0.5, 0.6) is 0 Å². The number of halogens is 2. The van der Waals surface area contributed by atoms with Crippen LogP contribution in [0.2, 0.25) is 10.0 Å². The first-order chi connectivity index (χ1) is 13.4. The van der Waals surface area contributed by atoms with Gasteiger partial charge in [0.25, 0.3) is 5.91 Å². The third kappa shape index (κ3) is 4.88. The van der Waals surface area contributed by atoms with Crippen molar-refractivity contribution in [2.24, 2.45) is 0 Å². The molecule has 9 heteroatoms. The van der Waals surface area contributed by atoms with Gasteiger partial charge in [0.05, 0.1) is 22.2 Å². The predicted molar refractivity (Wildman–Crippen MR) is 104 cm³/mol. The maximum Gasteiger partial charge on any atom is 0.312 e. The topological polar surface area (TPSA) is 94.3 Å². The molecule has 1 N–H and O–H groups in total. The first-order valence-corrected chi connectivity index (χ1v) is 8.95. The number of carbonyl (C=O) groups excluding carboxylic acids is 2. The molecule has 144 valence electrons. The Morgan fingerprint density at radius 1 is 1.21 bits per heavy atom. The van der Waals surface area contributed by atoms with Crippen LogP contribution in [0.25, 0.3) is 11.5 Å². The Hall–Kier alpha value is -2.90. The Balaban J connectivity index is 1.51. The number of rotatable bonds is 6. The van der Waals surface area contributed by atoms with E-state index < -0.39 is 18.5 Å². The molecule has 0 aliphatic rings. The summed E-state index contributed by atoms with van der Waals surface area (Å²) in [6.07, 6.45) is 2.63. The molecule has 0 saturated carbocycles. The molecule has 0 aliphatic heterocycles. The van der Waals surface area contributed by atoms with E-state index in [-0.39, 0.29) is 17.3 Å². The van der Waals surface area contributed by atoms with Gasteiger partial charge in [0.2, 0.25) is 5.89 Å². The fraction of sp³-hybridized carbons (Fsp3) is 0.158. The summed E-state index contributed by atoms with van der Waals surface area (Å²) < 4.78 is 10.3. The summed E-state index contributed by atoms with van der Waals surface area (Å²) in [4.78, 5) is 32.1. The smallest absolute Gasteiger partial charge is 0.312 e. The van der Waals surface area contributed by atoms with Crippen molar-refractivity contribution in [2.45, 2.75) is 13.3 Å². The minimum absolute atomic E-state index is 0.122. The molecule has 0 bridgehead atoms. The van der Waals surface area contributed by atoms with E-state index in [0.717, 1.165) is 5.56 Å². The number of pyridine rings is 1. The second-order valence-corrected chi connectivity index (χ2v) is 6.57. The molecule has 2 aromatic heterocycles. The van der Waals surface area contributed by atoms with Gasteiger partial charge < -0.3 is 14.5 Å². The van der Waals surface area contributed by atoms with Crippen molar-refractivity contribution >= 4 is 40.9 Å². The zero-order valence-corrected chi connectivity index (χ0v) is 16.3. The lowest BCUT2D eigenvalue weighted by Crippen LogP contribution is -2.22. The van der Waals surface area contributed by atoms with E-state index in [4.69, 9.17) is 32.4 Å². The molecule has 1 amide bonds. The van der Waals surface area contributed by atoms with Gasteiger partial charge in [-0.25, -0.2) is 9.97 Å². The largest absolute Gasteiger partial charge is 0.455 e. The Morgan fingerprint density at radius 3 is 2.71 bits per heavy atom. The molecule has 1 aromatic carbocycles. The molecule has 0 atom stereocenters. The third-order valence-corrected chi connectivity index (χ3v) is 4.57. The Labute approximate surface area is 170 Å². The molecule has 0 saturated heterocycles. The number of esters is 1. The van der Waals surface area contributed by atoms with Crippen LogP contribution in [0.15, 0.2) is 47.2 Å². The number of hydrogen-bond donors (Lipinski definition) is 1. The van der Waals surface area contributed by atoms with E-state index in [0.29, 0.717) is 22.2 Å². The van der Waals surface area contributed by atoms with Gasteiger partial charge in [-0.2, -0.15) is 0 Å². The highest BCUT2D eigenvalue weighted by Gasteiger charge is 2.15. The highest BCUT2D eigenvalue weighted by molar-refractivity contribution is 6.37. The van der Waals surface area contributed by atoms with E-state index in [1.165, 1.54) is 12.5 Å². The van der Waals surface area contributed by atoms with Crippen molar-refractivity contribution in [3.8, 4) is 11.5 Å². The van der Waals surface area contributed by atoms with Crippen LogP contribution in [0, 0.1) is 6.92 Å². The third-order valence-electron chi connectivity index (χ3n) is 3.72. The van der Waals surface area contributed by atoms with Crippen molar-refractivity contribution in [3.05, 3.63) is 64.1 Å². The Morgan fingerprint density at radius 2 is 1.96 bits per heavy atom. The summed E-state index contributed by atoms with van der Waals surface area (Å²) in [5.41, 5.74) is 1.79. The van der Waals surface area contributed by atoms with Gasteiger partial charge in [-0.3, -0.25) is 9.59 Å². The number of nitrogens with one attached hydrogen (secondary N) is 1. The van der Waals surface area contributed by atoms with Gasteiger partial charge in [0, 0.05) is 11.8 Å². The molecule has 2 heterocycles. The lowest BCUT2D eigenvalue weighted by molar-refractivity contribution is -0.146. The van der Waals surface area contributed by atoms with Gasteiger partial charge in [-0.05, 0) is 24.6 Å². The summed E-state index contributed by atoms with van der Waals surface area (Å²) in [6.45, 7) is 1.21. The van der Waals surface area contributed by atoms with Crippen LogP contribution in [-0.4, -0.2) is 28.5 Å². The summed E-state index contributed by atoms with van der Waals surface area (Å²) >= 11 is 12.0. The number of ether oxygens (including phenoxy) is 1. The standard InChI is InChI=1S/C19H15Cl2N3O4/c1-11-14(20)8-22-18(17(11)21)24-15(25)10-27-16(26)7-13-9-28-19(23-13)12-5-3-2-4-6-12/h2-6,8-9H,7,10H2,1H3,(H,22,24,25). The number of hydrogen-bond acceptors (Lipinski definition) is 6. The van der Waals surface area contributed by atoms with E-state index in [2.05, 4.69) is 15.3 Å². The van der Waals surface area contributed by atoms with Crippen LogP contribution in [0.1, 0.15) is 11.3 Å². The normalized spacial score (nSPS) is 10.5. The Bertz CT molecular complexity index is 1010. The number of anilines is 1. The lowest BCUT2D eigenvalue weighted by Gasteiger charge is -2.09. The van der Waals surface area contributed by atoms with E-state index in [1.807, 2.05) is 30.3 Å². The molecule has 0 fully saturated rings. The van der Waals surface area contributed by atoms with Crippen molar-refractivity contribution in [3.63, 3.8) is 0 Å². The minimum atomic E-state index is -0.616. The number of oxazole rings is 1. The van der Waals surface area contributed by atoms with Crippen molar-refractivity contribution in [1.29, 1.82) is 0 Å². The zero-order chi connectivity index (χ0) is 20.1. The summed E-state index contributed by atoms with van der Waals surface area (Å²) in [5.74, 6) is -0.641. The quantitative estimate of drug-likeness (QED) is 0.604. The van der Waals surface area contributed by atoms with Gasteiger partial charge in [-0.15, -0.1) is 0 Å². The highest BCUT2D eigenvalue weighted by Crippen LogP contribution is 2.28. The summed E-state index contributed by atoms with van der Waals surface area (Å²) in [7, 11) is 0. The average molecular weight is 420 g/mol. The second-order valence-electron chi connectivity index (χ2n) is 5.79. The molecule has 28 heavy (non-hydrogen) atoms. The van der Waals surface area contributed by atoms with Crippen molar-refractivity contribution in [1.82, 2.24) is 9.97 Å². The fourth-order valence-electron chi connectivity index (χ4n) is 2.26. The van der Waals surface area contributed by atoms with Gasteiger partial charge in [0.1, 0.15) is 6.26 Å². The fourth-order valence-corrected chi connectivity index (χ4v) is 2.65. The van der Waals surface area contributed by atoms with Crippen molar-refractivity contribution < 1.29 is 18.7 Å². The number of benzene rings is 1. The van der Waals surface area contributed by atoms with E-state index in [1.54, 1.807) is 6.92 Å². The predicted octanol–water partition coefficient (Wildman–Crippen LogP) is 4.08. The molecule has 0 unspecified atom stereocenters. The molecule has 7 nitrogen and oxygen atoms in total. The number of amides is 1. The molecular formula is C19H15Cl2N3O4. The van der Waals surface area contributed by atoms with E-state index >= 15 is 0 Å². The minimum Gasteiger partial charge on any atom is -0.455 e. The molecule has 0 spiro atoms. The van der Waals surface area contributed by atoms with Gasteiger partial charge in [0.15, 0.2) is 12.4 Å². The van der Waals surface area contributed by atoms with Gasteiger partial charge in [-0.1, -0.05) is 41.4 Å². The van der Waals surface area contributed by atoms with Crippen LogP contribution < -0.4 is 5.32 Å². The molecule has 3 aromatic rings. The summed E-state index contributed by atoms with van der Waals surface area (Å²) in [5, 5.41) is 3.08. The van der Waals surface area contributed by atoms with Crippen molar-refractivity contribution in [2.75, 3.05) is 11.9 Å². The molecule has 0 radical (unpaired) electrons. The maximum atomic E-state index is 12.0.